The molecule has 0 radical (unpaired) electrons. The first-order chi connectivity index (χ1) is 12.5. The summed E-state index contributed by atoms with van der Waals surface area (Å²) in [5, 5.41) is 0. The van der Waals surface area contributed by atoms with Crippen LogP contribution in [-0.2, 0) is 23.8 Å². The van der Waals surface area contributed by atoms with E-state index in [1.165, 1.54) is 26.4 Å². The lowest BCUT2D eigenvalue weighted by atomic mass is 9.86. The zero-order valence-corrected chi connectivity index (χ0v) is 15.9. The van der Waals surface area contributed by atoms with Gasteiger partial charge in [-0.3, -0.25) is 9.59 Å². The van der Waals surface area contributed by atoms with Crippen molar-refractivity contribution in [3.8, 4) is 0 Å². The molecule has 1 amide bonds. The van der Waals surface area contributed by atoms with Gasteiger partial charge in [-0.2, -0.15) is 0 Å². The van der Waals surface area contributed by atoms with Gasteiger partial charge in [-0.15, -0.1) is 0 Å². The lowest BCUT2D eigenvalue weighted by molar-refractivity contribution is -0.146. The number of nitrogens with zero attached hydrogens (tertiary/aromatic N) is 1. The summed E-state index contributed by atoms with van der Waals surface area (Å²) in [5.74, 6) is -0.848. The molecular formula is C19H31NO6. The molecule has 1 heterocycles. The second-order valence-electron chi connectivity index (χ2n) is 7.08. The molecule has 2 fully saturated rings. The van der Waals surface area contributed by atoms with Crippen molar-refractivity contribution in [2.45, 2.75) is 70.4 Å². The van der Waals surface area contributed by atoms with Gasteiger partial charge < -0.3 is 19.1 Å². The number of hydrogen-bond acceptors (Lipinski definition) is 6. The fourth-order valence-electron chi connectivity index (χ4n) is 3.84. The van der Waals surface area contributed by atoms with Crippen molar-refractivity contribution in [2.75, 3.05) is 26.9 Å². The number of hydrogen-bond donors (Lipinski definition) is 0. The largest absolute Gasteiger partial charge is 0.466 e. The maximum Gasteiger partial charge on any atom is 0.409 e. The van der Waals surface area contributed by atoms with E-state index in [1.54, 1.807) is 11.8 Å². The summed E-state index contributed by atoms with van der Waals surface area (Å²) in [6, 6.07) is -0.200. The number of piperidine rings is 1. The molecule has 1 saturated heterocycles. The lowest BCUT2D eigenvalue weighted by Gasteiger charge is -2.38. The quantitative estimate of drug-likeness (QED) is 0.507. The molecule has 0 aromatic rings. The predicted octanol–water partition coefficient (Wildman–Crippen LogP) is 2.71. The van der Waals surface area contributed by atoms with Gasteiger partial charge in [-0.1, -0.05) is 19.3 Å². The molecule has 0 spiro atoms. The van der Waals surface area contributed by atoms with E-state index >= 15 is 0 Å². The van der Waals surface area contributed by atoms with Gasteiger partial charge in [0.05, 0.1) is 32.5 Å². The number of methoxy groups -OCH3 is 1. The number of likely N-dealkylation sites (tertiary alicyclic amines) is 1. The Morgan fingerprint density at radius 3 is 2.46 bits per heavy atom. The standard InChI is InChI=1S/C19H31NO6/c1-3-25-18(22)12-17(21)14-9-10-20(19(23)24-2)15(11-14)13-26-16-7-5-4-6-8-16/h14-16H,3-13H2,1-2H3/t14-,15-/m0/s1. The van der Waals surface area contributed by atoms with Crippen LogP contribution in [0.3, 0.4) is 0 Å². The first kappa shape index (κ1) is 20.7. The lowest BCUT2D eigenvalue weighted by Crippen LogP contribution is -2.50. The van der Waals surface area contributed by atoms with Crippen molar-refractivity contribution in [3.05, 3.63) is 0 Å². The molecule has 7 nitrogen and oxygen atoms in total. The summed E-state index contributed by atoms with van der Waals surface area (Å²) >= 11 is 0. The summed E-state index contributed by atoms with van der Waals surface area (Å²) in [6.45, 7) is 2.83. The van der Waals surface area contributed by atoms with Crippen molar-refractivity contribution < 1.29 is 28.6 Å². The Balaban J connectivity index is 1.93. The average Bonchev–Trinajstić information content (AvgIpc) is 2.66. The summed E-state index contributed by atoms with van der Waals surface area (Å²) < 4.78 is 15.8. The number of esters is 1. The molecular weight excluding hydrogens is 338 g/mol. The second-order valence-corrected chi connectivity index (χ2v) is 7.08. The van der Waals surface area contributed by atoms with Crippen LogP contribution in [0.1, 0.15) is 58.3 Å². The zero-order valence-electron chi connectivity index (χ0n) is 15.9. The van der Waals surface area contributed by atoms with Crippen molar-refractivity contribution in [3.63, 3.8) is 0 Å². The van der Waals surface area contributed by atoms with Crippen LogP contribution in [-0.4, -0.2) is 61.8 Å². The van der Waals surface area contributed by atoms with Gasteiger partial charge in [-0.05, 0) is 32.6 Å². The second kappa shape index (κ2) is 10.5. The number of ketones is 1. The average molecular weight is 369 g/mol. The van der Waals surface area contributed by atoms with E-state index in [9.17, 15) is 14.4 Å². The molecule has 2 aliphatic rings. The van der Waals surface area contributed by atoms with Gasteiger partial charge in [0.2, 0.25) is 0 Å². The number of carbonyl (C=O) groups excluding carboxylic acids is 3. The molecule has 1 saturated carbocycles. The molecule has 2 rings (SSSR count). The first-order valence-electron chi connectivity index (χ1n) is 9.69. The van der Waals surface area contributed by atoms with Gasteiger partial charge in [0, 0.05) is 12.5 Å². The molecule has 0 bridgehead atoms. The van der Waals surface area contributed by atoms with Gasteiger partial charge in [-0.25, -0.2) is 4.79 Å². The highest BCUT2D eigenvalue weighted by atomic mass is 16.5. The third-order valence-corrected chi connectivity index (χ3v) is 5.28. The smallest absolute Gasteiger partial charge is 0.409 e. The molecule has 2 atom stereocenters. The molecule has 26 heavy (non-hydrogen) atoms. The summed E-state index contributed by atoms with van der Waals surface area (Å²) in [7, 11) is 1.36. The number of Topliss-reactive ketones (excluding diaryl/α,β-unsaturated/α-hetero) is 1. The van der Waals surface area contributed by atoms with Crippen LogP contribution in [0, 0.1) is 5.92 Å². The summed E-state index contributed by atoms with van der Waals surface area (Å²) in [4.78, 5) is 37.7. The van der Waals surface area contributed by atoms with Crippen LogP contribution in [0.15, 0.2) is 0 Å². The van der Waals surface area contributed by atoms with E-state index in [-0.39, 0.29) is 36.9 Å². The van der Waals surface area contributed by atoms with Crippen LogP contribution >= 0.6 is 0 Å². The summed E-state index contributed by atoms with van der Waals surface area (Å²) in [5.41, 5.74) is 0. The first-order valence-corrected chi connectivity index (χ1v) is 9.69. The third kappa shape index (κ3) is 5.97. The van der Waals surface area contributed by atoms with Crippen LogP contribution in [0.5, 0.6) is 0 Å². The predicted molar refractivity (Wildman–Crippen MR) is 94.7 cm³/mol. The third-order valence-electron chi connectivity index (χ3n) is 5.28. The van der Waals surface area contributed by atoms with E-state index in [1.807, 2.05) is 0 Å². The van der Waals surface area contributed by atoms with Crippen molar-refractivity contribution in [2.24, 2.45) is 5.92 Å². The van der Waals surface area contributed by atoms with Gasteiger partial charge >= 0.3 is 12.1 Å². The van der Waals surface area contributed by atoms with E-state index in [4.69, 9.17) is 14.2 Å². The molecule has 0 N–H and O–H groups in total. The Morgan fingerprint density at radius 2 is 1.81 bits per heavy atom. The van der Waals surface area contributed by atoms with E-state index in [2.05, 4.69) is 0 Å². The normalized spacial score (nSPS) is 24.2. The number of rotatable bonds is 7. The number of amides is 1. The topological polar surface area (TPSA) is 82.1 Å². The van der Waals surface area contributed by atoms with Gasteiger partial charge in [0.1, 0.15) is 12.2 Å². The highest BCUT2D eigenvalue weighted by Gasteiger charge is 2.36. The minimum Gasteiger partial charge on any atom is -0.466 e. The molecule has 0 aromatic heterocycles. The Bertz CT molecular complexity index is 488. The number of carbonyl (C=O) groups is 3. The van der Waals surface area contributed by atoms with Crippen LogP contribution in [0.2, 0.25) is 0 Å². The zero-order chi connectivity index (χ0) is 18.9. The molecule has 148 valence electrons. The van der Waals surface area contributed by atoms with Crippen molar-refractivity contribution in [1.82, 2.24) is 4.90 Å². The molecule has 0 aromatic carbocycles. The van der Waals surface area contributed by atoms with E-state index < -0.39 is 12.1 Å². The van der Waals surface area contributed by atoms with Crippen molar-refractivity contribution >= 4 is 17.8 Å². The molecule has 0 unspecified atom stereocenters. The Kier molecular flexibility index (Phi) is 8.35. The minimum absolute atomic E-state index is 0.115. The Labute approximate surface area is 155 Å². The minimum atomic E-state index is -0.483. The van der Waals surface area contributed by atoms with Crippen LogP contribution in [0.4, 0.5) is 4.79 Å². The van der Waals surface area contributed by atoms with Crippen LogP contribution in [0.25, 0.3) is 0 Å². The fraction of sp³-hybridized carbons (Fsp3) is 0.842. The highest BCUT2D eigenvalue weighted by molar-refractivity contribution is 5.96. The van der Waals surface area contributed by atoms with Gasteiger partial charge in [0.15, 0.2) is 0 Å². The fourth-order valence-corrected chi connectivity index (χ4v) is 3.84. The SMILES string of the molecule is CCOC(=O)CC(=O)[C@H]1CCN(C(=O)OC)[C@H](COC2CCCCC2)C1. The molecule has 1 aliphatic heterocycles. The summed E-state index contributed by atoms with van der Waals surface area (Å²) in [6.07, 6.45) is 6.39. The molecule has 7 heteroatoms. The van der Waals surface area contributed by atoms with E-state index in [0.29, 0.717) is 26.0 Å². The van der Waals surface area contributed by atoms with Crippen molar-refractivity contribution in [1.29, 1.82) is 0 Å². The maximum atomic E-state index is 12.4. The highest BCUT2D eigenvalue weighted by Crippen LogP contribution is 2.27. The maximum absolute atomic E-state index is 12.4. The van der Waals surface area contributed by atoms with Gasteiger partial charge in [0.25, 0.3) is 0 Å². The number of ether oxygens (including phenoxy) is 3. The van der Waals surface area contributed by atoms with Crippen LogP contribution < -0.4 is 0 Å². The molecule has 1 aliphatic carbocycles. The monoisotopic (exact) mass is 369 g/mol. The Hall–Kier alpha value is -1.63. The van der Waals surface area contributed by atoms with E-state index in [0.717, 1.165) is 12.8 Å². The Morgan fingerprint density at radius 1 is 1.08 bits per heavy atom.